The maximum Gasteiger partial charge on any atom is 0.231 e. The van der Waals surface area contributed by atoms with E-state index < -0.39 is 0 Å². The molecule has 2 aliphatic heterocycles. The van der Waals surface area contributed by atoms with Crippen molar-refractivity contribution in [2.75, 3.05) is 34.7 Å². The number of methoxy groups -OCH3 is 3. The average molecular weight is 343 g/mol. The van der Waals surface area contributed by atoms with Crippen LogP contribution in [0.1, 0.15) is 22.7 Å². The molecule has 0 fully saturated rings. The molecule has 1 N–H and O–H groups in total. The van der Waals surface area contributed by atoms with Crippen LogP contribution in [0.5, 0.6) is 28.7 Å². The molecule has 1 atom stereocenters. The summed E-state index contributed by atoms with van der Waals surface area (Å²) in [4.78, 5) is 0. The van der Waals surface area contributed by atoms with Crippen molar-refractivity contribution < 1.29 is 23.7 Å². The molecule has 2 aromatic rings. The summed E-state index contributed by atoms with van der Waals surface area (Å²) in [7, 11) is 4.86. The molecule has 0 radical (unpaired) electrons. The normalized spacial score (nSPS) is 17.8. The van der Waals surface area contributed by atoms with E-state index in [0.29, 0.717) is 17.2 Å². The molecule has 4 rings (SSSR count). The quantitative estimate of drug-likeness (QED) is 0.921. The molecule has 2 aromatic carbocycles. The molecule has 0 bridgehead atoms. The lowest BCUT2D eigenvalue weighted by Gasteiger charge is -2.28. The summed E-state index contributed by atoms with van der Waals surface area (Å²) in [6.45, 7) is 1.16. The van der Waals surface area contributed by atoms with Gasteiger partial charge < -0.3 is 29.0 Å². The Morgan fingerprint density at radius 2 is 1.60 bits per heavy atom. The van der Waals surface area contributed by atoms with Gasteiger partial charge in [-0.05, 0) is 47.4 Å². The number of fused-ring (bicyclic) bond motifs is 2. The Morgan fingerprint density at radius 1 is 0.920 bits per heavy atom. The first-order chi connectivity index (χ1) is 12.2. The summed E-state index contributed by atoms with van der Waals surface area (Å²) in [5.41, 5.74) is 3.50. The topological polar surface area (TPSA) is 58.2 Å². The van der Waals surface area contributed by atoms with E-state index in [-0.39, 0.29) is 12.8 Å². The van der Waals surface area contributed by atoms with E-state index in [0.717, 1.165) is 30.0 Å². The Kier molecular flexibility index (Phi) is 4.05. The Balaban J connectivity index is 1.81. The fraction of sp³-hybridized carbons (Fsp3) is 0.368. The van der Waals surface area contributed by atoms with Gasteiger partial charge in [-0.25, -0.2) is 0 Å². The lowest BCUT2D eigenvalue weighted by Crippen LogP contribution is -2.30. The van der Waals surface area contributed by atoms with Gasteiger partial charge >= 0.3 is 0 Å². The van der Waals surface area contributed by atoms with Crippen LogP contribution in [0.15, 0.2) is 24.3 Å². The van der Waals surface area contributed by atoms with E-state index in [9.17, 15) is 0 Å². The van der Waals surface area contributed by atoms with Crippen LogP contribution in [0.4, 0.5) is 0 Å². The molecule has 2 heterocycles. The van der Waals surface area contributed by atoms with Crippen LogP contribution in [-0.4, -0.2) is 34.7 Å². The molecule has 132 valence electrons. The van der Waals surface area contributed by atoms with Gasteiger partial charge in [-0.3, -0.25) is 0 Å². The minimum atomic E-state index is 0.0203. The smallest absolute Gasteiger partial charge is 0.231 e. The highest BCUT2D eigenvalue weighted by Gasteiger charge is 2.27. The van der Waals surface area contributed by atoms with Gasteiger partial charge in [0.05, 0.1) is 27.4 Å². The molecule has 0 spiro atoms. The SMILES string of the molecule is COc1cc([C@@H]2NCCc3cc4c(cc32)OCO4)cc(OC)c1OC. The zero-order valence-electron chi connectivity index (χ0n) is 14.5. The first kappa shape index (κ1) is 15.9. The van der Waals surface area contributed by atoms with Crippen molar-refractivity contribution in [3.63, 3.8) is 0 Å². The molecule has 0 aromatic heterocycles. The Bertz CT molecular complexity index is 780. The summed E-state index contributed by atoms with van der Waals surface area (Å²) in [5, 5.41) is 3.57. The van der Waals surface area contributed by atoms with Crippen molar-refractivity contribution in [3.8, 4) is 28.7 Å². The molecule has 0 amide bonds. The van der Waals surface area contributed by atoms with Crippen LogP contribution in [-0.2, 0) is 6.42 Å². The van der Waals surface area contributed by atoms with Crippen LogP contribution in [0, 0.1) is 0 Å². The second-order valence-corrected chi connectivity index (χ2v) is 6.00. The van der Waals surface area contributed by atoms with E-state index in [2.05, 4.69) is 17.4 Å². The van der Waals surface area contributed by atoms with E-state index in [4.69, 9.17) is 23.7 Å². The van der Waals surface area contributed by atoms with Crippen LogP contribution >= 0.6 is 0 Å². The van der Waals surface area contributed by atoms with Gasteiger partial charge in [0.1, 0.15) is 0 Å². The third-order valence-electron chi connectivity index (χ3n) is 4.71. The highest BCUT2D eigenvalue weighted by Crippen LogP contribution is 2.44. The zero-order chi connectivity index (χ0) is 17.4. The lowest BCUT2D eigenvalue weighted by atomic mass is 9.89. The number of nitrogens with one attached hydrogen (secondary N) is 1. The van der Waals surface area contributed by atoms with Crippen LogP contribution in [0.25, 0.3) is 0 Å². The third-order valence-corrected chi connectivity index (χ3v) is 4.71. The summed E-state index contributed by atoms with van der Waals surface area (Å²) in [6, 6.07) is 8.14. The highest BCUT2D eigenvalue weighted by atomic mass is 16.7. The third kappa shape index (κ3) is 2.62. The summed E-state index contributed by atoms with van der Waals surface area (Å²) < 4.78 is 27.5. The van der Waals surface area contributed by atoms with E-state index in [1.807, 2.05) is 12.1 Å². The Labute approximate surface area is 146 Å². The van der Waals surface area contributed by atoms with Crippen molar-refractivity contribution in [3.05, 3.63) is 41.0 Å². The molecule has 6 nitrogen and oxygen atoms in total. The standard InChI is InChI=1S/C19H21NO5/c1-21-16-7-12(8-17(22-2)19(16)23-3)18-13-9-15-14(24-10-25-15)6-11(13)4-5-20-18/h6-9,18,20H,4-5,10H2,1-3H3/t18-/m0/s1. The molecule has 0 aliphatic carbocycles. The van der Waals surface area contributed by atoms with Crippen LogP contribution in [0.2, 0.25) is 0 Å². The molecule has 0 saturated carbocycles. The van der Waals surface area contributed by atoms with Crippen molar-refractivity contribution in [1.82, 2.24) is 5.32 Å². The first-order valence-corrected chi connectivity index (χ1v) is 8.21. The maximum absolute atomic E-state index is 5.56. The van der Waals surface area contributed by atoms with Gasteiger partial charge in [0.15, 0.2) is 23.0 Å². The Hall–Kier alpha value is -2.60. The van der Waals surface area contributed by atoms with Gasteiger partial charge in [0.25, 0.3) is 0 Å². The second kappa shape index (κ2) is 6.37. The van der Waals surface area contributed by atoms with Crippen LogP contribution < -0.4 is 29.0 Å². The van der Waals surface area contributed by atoms with Gasteiger partial charge in [-0.2, -0.15) is 0 Å². The number of benzene rings is 2. The van der Waals surface area contributed by atoms with Crippen molar-refractivity contribution in [2.45, 2.75) is 12.5 Å². The minimum absolute atomic E-state index is 0.0203. The maximum atomic E-state index is 5.56. The second-order valence-electron chi connectivity index (χ2n) is 6.00. The molecular weight excluding hydrogens is 322 g/mol. The largest absolute Gasteiger partial charge is 0.493 e. The molecule has 25 heavy (non-hydrogen) atoms. The van der Waals surface area contributed by atoms with Crippen LogP contribution in [0.3, 0.4) is 0 Å². The minimum Gasteiger partial charge on any atom is -0.493 e. The highest BCUT2D eigenvalue weighted by molar-refractivity contribution is 5.58. The molecule has 6 heteroatoms. The van der Waals surface area contributed by atoms with Gasteiger partial charge in [-0.1, -0.05) is 0 Å². The number of ether oxygens (including phenoxy) is 5. The fourth-order valence-electron chi connectivity index (χ4n) is 3.51. The number of rotatable bonds is 4. The van der Waals surface area contributed by atoms with E-state index in [1.165, 1.54) is 11.1 Å². The molecular formula is C19H21NO5. The molecule has 0 saturated heterocycles. The lowest BCUT2D eigenvalue weighted by molar-refractivity contribution is 0.174. The predicted molar refractivity (Wildman–Crippen MR) is 92.2 cm³/mol. The van der Waals surface area contributed by atoms with Gasteiger partial charge in [0, 0.05) is 6.54 Å². The number of hydrogen-bond acceptors (Lipinski definition) is 6. The summed E-state index contributed by atoms with van der Waals surface area (Å²) in [6.07, 6.45) is 0.951. The average Bonchev–Trinajstić information content (AvgIpc) is 3.11. The van der Waals surface area contributed by atoms with Gasteiger partial charge in [-0.15, -0.1) is 0 Å². The van der Waals surface area contributed by atoms with Crippen molar-refractivity contribution in [2.24, 2.45) is 0 Å². The zero-order valence-corrected chi connectivity index (χ0v) is 14.5. The van der Waals surface area contributed by atoms with Crippen molar-refractivity contribution in [1.29, 1.82) is 0 Å². The first-order valence-electron chi connectivity index (χ1n) is 8.21. The molecule has 0 unspecified atom stereocenters. The predicted octanol–water partition coefficient (Wildman–Crippen LogP) is 2.68. The summed E-state index contributed by atoms with van der Waals surface area (Å²) >= 11 is 0. The van der Waals surface area contributed by atoms with Gasteiger partial charge in [0.2, 0.25) is 12.5 Å². The number of hydrogen-bond donors (Lipinski definition) is 1. The summed E-state index contributed by atoms with van der Waals surface area (Å²) in [5.74, 6) is 3.50. The Morgan fingerprint density at radius 3 is 2.24 bits per heavy atom. The fourth-order valence-corrected chi connectivity index (χ4v) is 3.51. The van der Waals surface area contributed by atoms with E-state index >= 15 is 0 Å². The molecule has 2 aliphatic rings. The monoisotopic (exact) mass is 343 g/mol. The van der Waals surface area contributed by atoms with Crippen molar-refractivity contribution >= 4 is 0 Å². The van der Waals surface area contributed by atoms with E-state index in [1.54, 1.807) is 21.3 Å².